The van der Waals surface area contributed by atoms with Crippen LogP contribution in [0.25, 0.3) is 0 Å². The summed E-state index contributed by atoms with van der Waals surface area (Å²) < 4.78 is 22.1. The summed E-state index contributed by atoms with van der Waals surface area (Å²) in [5.41, 5.74) is 1.87. The highest BCUT2D eigenvalue weighted by atomic mass is 16.6. The van der Waals surface area contributed by atoms with E-state index in [9.17, 15) is 14.7 Å². The predicted octanol–water partition coefficient (Wildman–Crippen LogP) is 5.29. The molecule has 1 aromatic rings. The standard InChI is InChI=1S/C29H42O7/c1-4-7-8-9-22-10-12-23(13-11-22)25-21-26(33-16-18-35-28(31)5-2)24(14-15-30)20-27(25)34-17-19-36-29(32)6-3/h5-6,20-23,30H,2-4,7-19H2,1H3. The van der Waals surface area contributed by atoms with Crippen LogP contribution in [-0.4, -0.2) is 50.1 Å². The highest BCUT2D eigenvalue weighted by Crippen LogP contribution is 2.43. The lowest BCUT2D eigenvalue weighted by Gasteiger charge is -2.30. The minimum Gasteiger partial charge on any atom is -0.490 e. The smallest absolute Gasteiger partial charge is 0.330 e. The molecule has 7 heteroatoms. The van der Waals surface area contributed by atoms with Crippen molar-refractivity contribution in [3.05, 3.63) is 48.6 Å². The minimum atomic E-state index is -0.494. The molecule has 0 aromatic heterocycles. The number of aliphatic hydroxyl groups excluding tert-OH is 1. The molecular formula is C29H42O7. The van der Waals surface area contributed by atoms with E-state index in [2.05, 4.69) is 20.1 Å². The van der Waals surface area contributed by atoms with E-state index in [0.29, 0.717) is 18.1 Å². The Morgan fingerprint density at radius 1 is 0.917 bits per heavy atom. The van der Waals surface area contributed by atoms with Gasteiger partial charge in [0.2, 0.25) is 0 Å². The van der Waals surface area contributed by atoms with Gasteiger partial charge in [-0.25, -0.2) is 9.59 Å². The van der Waals surface area contributed by atoms with E-state index >= 15 is 0 Å². The number of esters is 2. The summed E-state index contributed by atoms with van der Waals surface area (Å²) in [5, 5.41) is 9.61. The number of rotatable bonds is 17. The molecule has 0 spiro atoms. The Balaban J connectivity index is 2.16. The first-order valence-corrected chi connectivity index (χ1v) is 13.1. The Bertz CT molecular complexity index is 840. The van der Waals surface area contributed by atoms with Gasteiger partial charge >= 0.3 is 11.9 Å². The van der Waals surface area contributed by atoms with Crippen molar-refractivity contribution in [2.45, 2.75) is 70.6 Å². The first-order valence-electron chi connectivity index (χ1n) is 13.1. The molecule has 1 aromatic carbocycles. The van der Waals surface area contributed by atoms with Crippen LogP contribution in [0.5, 0.6) is 11.5 Å². The van der Waals surface area contributed by atoms with Gasteiger partial charge < -0.3 is 24.1 Å². The number of hydrogen-bond acceptors (Lipinski definition) is 7. The van der Waals surface area contributed by atoms with Gasteiger partial charge in [-0.15, -0.1) is 0 Å². The summed E-state index contributed by atoms with van der Waals surface area (Å²) in [6.45, 7) is 9.63. The Kier molecular flexibility index (Phi) is 13.7. The third kappa shape index (κ3) is 10.1. The van der Waals surface area contributed by atoms with Crippen LogP contribution in [0.15, 0.2) is 37.4 Å². The van der Waals surface area contributed by atoms with Crippen LogP contribution in [0, 0.1) is 5.92 Å². The average molecular weight is 503 g/mol. The van der Waals surface area contributed by atoms with Crippen molar-refractivity contribution >= 4 is 11.9 Å². The van der Waals surface area contributed by atoms with Crippen LogP contribution < -0.4 is 9.47 Å². The summed E-state index contributed by atoms with van der Waals surface area (Å²) in [5.74, 6) is 1.52. The fraction of sp³-hybridized carbons (Fsp3) is 0.586. The number of unbranched alkanes of at least 4 members (excludes halogenated alkanes) is 2. The lowest BCUT2D eigenvalue weighted by molar-refractivity contribution is -0.139. The second kappa shape index (κ2) is 16.8. The van der Waals surface area contributed by atoms with Crippen molar-refractivity contribution in [1.29, 1.82) is 0 Å². The van der Waals surface area contributed by atoms with Crippen molar-refractivity contribution in [2.75, 3.05) is 33.0 Å². The van der Waals surface area contributed by atoms with E-state index in [-0.39, 0.29) is 33.0 Å². The monoisotopic (exact) mass is 502 g/mol. The number of benzene rings is 1. The highest BCUT2D eigenvalue weighted by Gasteiger charge is 2.26. The van der Waals surface area contributed by atoms with E-state index < -0.39 is 11.9 Å². The van der Waals surface area contributed by atoms with Gasteiger partial charge in [0.25, 0.3) is 0 Å². The van der Waals surface area contributed by atoms with Gasteiger partial charge in [-0.3, -0.25) is 0 Å². The number of hydrogen-bond donors (Lipinski definition) is 1. The van der Waals surface area contributed by atoms with Gasteiger partial charge in [-0.1, -0.05) is 45.8 Å². The molecule has 1 N–H and O–H groups in total. The Labute approximate surface area is 215 Å². The molecule has 7 nitrogen and oxygen atoms in total. The van der Waals surface area contributed by atoms with Gasteiger partial charge in [0.05, 0.1) is 0 Å². The molecule has 0 amide bonds. The molecule has 1 aliphatic carbocycles. The number of carbonyl (C=O) groups is 2. The SMILES string of the molecule is C=CC(=O)OCCOc1cc(C2CCC(CCCCC)CC2)c(OCCOC(=O)C=C)cc1CCO. The van der Waals surface area contributed by atoms with Crippen molar-refractivity contribution in [1.82, 2.24) is 0 Å². The van der Waals surface area contributed by atoms with E-state index in [0.717, 1.165) is 47.8 Å². The maximum absolute atomic E-state index is 11.4. The fourth-order valence-electron chi connectivity index (χ4n) is 4.66. The van der Waals surface area contributed by atoms with Crippen LogP contribution in [-0.2, 0) is 25.5 Å². The second-order valence-corrected chi connectivity index (χ2v) is 9.12. The van der Waals surface area contributed by atoms with Crippen molar-refractivity contribution in [3.8, 4) is 11.5 Å². The molecule has 2 rings (SSSR count). The average Bonchev–Trinajstić information content (AvgIpc) is 2.90. The van der Waals surface area contributed by atoms with Gasteiger partial charge in [-0.2, -0.15) is 0 Å². The normalized spacial score (nSPS) is 17.2. The molecule has 36 heavy (non-hydrogen) atoms. The summed E-state index contributed by atoms with van der Waals surface area (Å²) in [6.07, 6.45) is 12.3. The molecular weight excluding hydrogens is 460 g/mol. The first kappa shape index (κ1) is 29.4. The van der Waals surface area contributed by atoms with E-state index in [4.69, 9.17) is 18.9 Å². The van der Waals surface area contributed by atoms with Crippen molar-refractivity contribution in [2.24, 2.45) is 5.92 Å². The quantitative estimate of drug-likeness (QED) is 0.176. The second-order valence-electron chi connectivity index (χ2n) is 9.12. The Morgan fingerprint density at radius 3 is 2.08 bits per heavy atom. The molecule has 0 aliphatic heterocycles. The minimum absolute atomic E-state index is 0.0413. The lowest BCUT2D eigenvalue weighted by atomic mass is 9.76. The summed E-state index contributed by atoms with van der Waals surface area (Å²) in [7, 11) is 0. The van der Waals surface area contributed by atoms with Crippen molar-refractivity contribution in [3.63, 3.8) is 0 Å². The third-order valence-electron chi connectivity index (χ3n) is 6.58. The molecule has 1 aliphatic rings. The molecule has 1 saturated carbocycles. The van der Waals surface area contributed by atoms with Crippen LogP contribution in [0.2, 0.25) is 0 Å². The third-order valence-corrected chi connectivity index (χ3v) is 6.58. The van der Waals surface area contributed by atoms with Gasteiger partial charge in [0.15, 0.2) is 0 Å². The zero-order chi connectivity index (χ0) is 26.2. The van der Waals surface area contributed by atoms with Crippen LogP contribution in [0.4, 0.5) is 0 Å². The molecule has 0 heterocycles. The molecule has 0 bridgehead atoms. The zero-order valence-electron chi connectivity index (χ0n) is 21.7. The van der Waals surface area contributed by atoms with Crippen LogP contribution >= 0.6 is 0 Å². The molecule has 0 unspecified atom stereocenters. The Hall–Kier alpha value is -2.80. The summed E-state index contributed by atoms with van der Waals surface area (Å²) in [6, 6.07) is 3.92. The van der Waals surface area contributed by atoms with Gasteiger partial charge in [0.1, 0.15) is 37.9 Å². The van der Waals surface area contributed by atoms with Crippen LogP contribution in [0.3, 0.4) is 0 Å². The Morgan fingerprint density at radius 2 is 1.53 bits per heavy atom. The largest absolute Gasteiger partial charge is 0.490 e. The maximum Gasteiger partial charge on any atom is 0.330 e. The molecule has 1 fully saturated rings. The highest BCUT2D eigenvalue weighted by molar-refractivity contribution is 5.81. The summed E-state index contributed by atoms with van der Waals surface area (Å²) in [4.78, 5) is 22.7. The molecule has 0 saturated heterocycles. The first-order chi connectivity index (χ1) is 17.5. The molecule has 0 radical (unpaired) electrons. The molecule has 0 atom stereocenters. The number of ether oxygens (including phenoxy) is 4. The van der Waals surface area contributed by atoms with Crippen molar-refractivity contribution < 1.29 is 33.6 Å². The predicted molar refractivity (Wildman–Crippen MR) is 139 cm³/mol. The number of carbonyl (C=O) groups excluding carboxylic acids is 2. The molecule has 200 valence electrons. The van der Waals surface area contributed by atoms with Crippen LogP contribution in [0.1, 0.15) is 75.3 Å². The fourth-order valence-corrected chi connectivity index (χ4v) is 4.66. The number of aliphatic hydroxyl groups is 1. The topological polar surface area (TPSA) is 91.3 Å². The maximum atomic E-state index is 11.4. The lowest BCUT2D eigenvalue weighted by Crippen LogP contribution is -2.17. The van der Waals surface area contributed by atoms with E-state index in [1.165, 1.54) is 38.5 Å². The zero-order valence-corrected chi connectivity index (χ0v) is 21.7. The summed E-state index contributed by atoms with van der Waals surface area (Å²) >= 11 is 0. The van der Waals surface area contributed by atoms with Gasteiger partial charge in [-0.05, 0) is 56.1 Å². The van der Waals surface area contributed by atoms with E-state index in [1.807, 2.05) is 12.1 Å². The van der Waals surface area contributed by atoms with E-state index in [1.54, 1.807) is 0 Å². The van der Waals surface area contributed by atoms with Gasteiger partial charge in [0, 0.05) is 29.9 Å².